The number of phenols is 1. The van der Waals surface area contributed by atoms with Gasteiger partial charge in [-0.3, -0.25) is 0 Å². The molecule has 2 saturated carbocycles. The first kappa shape index (κ1) is 19.0. The van der Waals surface area contributed by atoms with Gasteiger partial charge in [0.25, 0.3) is 0 Å². The van der Waals surface area contributed by atoms with E-state index in [1.54, 1.807) is 35.4 Å². The lowest BCUT2D eigenvalue weighted by Crippen LogP contribution is -2.46. The van der Waals surface area contributed by atoms with Gasteiger partial charge in [0.1, 0.15) is 23.7 Å². The fraction of sp³-hybridized carbons (Fsp3) is 0.455. The van der Waals surface area contributed by atoms with Crippen LogP contribution in [-0.2, 0) is 0 Å². The summed E-state index contributed by atoms with van der Waals surface area (Å²) in [5.74, 6) is 0.0551. The second-order valence-corrected chi connectivity index (χ2v) is 9.20. The number of ether oxygens (including phenoxy) is 1. The van der Waals surface area contributed by atoms with E-state index in [-0.39, 0.29) is 22.6 Å². The summed E-state index contributed by atoms with van der Waals surface area (Å²) in [6, 6.07) is 5.27. The molecule has 2 fully saturated rings. The first-order valence-electron chi connectivity index (χ1n) is 10.2. The second kappa shape index (κ2) is 6.75. The third-order valence-electron chi connectivity index (χ3n) is 6.67. The van der Waals surface area contributed by atoms with Gasteiger partial charge in [-0.1, -0.05) is 18.9 Å². The number of hydrogen-bond donors (Lipinski definition) is 1. The Hall–Kier alpha value is -3.03. The lowest BCUT2D eigenvalue weighted by atomic mass is 9.68. The number of imidazole rings is 1. The van der Waals surface area contributed by atoms with Crippen LogP contribution in [0.4, 0.5) is 4.39 Å². The number of rotatable bonds is 4. The van der Waals surface area contributed by atoms with Crippen LogP contribution < -0.4 is 4.74 Å². The average Bonchev–Trinajstić information content (AvgIpc) is 3.34. The SMILES string of the molecule is C[C@@]12CC[C@@](C)(C1)[C@@H](F)[C@@H](Oc1ncc(-c3ccc(-n4ccnc4)cc3O)nn1)C2. The van der Waals surface area contributed by atoms with Gasteiger partial charge in [0, 0.05) is 29.4 Å². The lowest BCUT2D eigenvalue weighted by molar-refractivity contribution is -0.0451. The van der Waals surface area contributed by atoms with Crippen LogP contribution in [0.5, 0.6) is 11.8 Å². The van der Waals surface area contributed by atoms with Crippen LogP contribution in [0, 0.1) is 10.8 Å². The van der Waals surface area contributed by atoms with E-state index in [9.17, 15) is 5.11 Å². The molecule has 30 heavy (non-hydrogen) atoms. The minimum Gasteiger partial charge on any atom is -0.507 e. The molecule has 4 atom stereocenters. The molecule has 5 rings (SSSR count). The van der Waals surface area contributed by atoms with Crippen molar-refractivity contribution >= 4 is 0 Å². The monoisotopic (exact) mass is 409 g/mol. The van der Waals surface area contributed by atoms with E-state index in [4.69, 9.17) is 4.74 Å². The number of hydrogen-bond acceptors (Lipinski definition) is 6. The summed E-state index contributed by atoms with van der Waals surface area (Å²) in [4.78, 5) is 8.23. The van der Waals surface area contributed by atoms with Gasteiger partial charge in [-0.15, -0.1) is 5.10 Å². The number of aromatic hydroxyl groups is 1. The van der Waals surface area contributed by atoms with Crippen LogP contribution >= 0.6 is 0 Å². The maximum Gasteiger partial charge on any atom is 0.336 e. The average molecular weight is 409 g/mol. The summed E-state index contributed by atoms with van der Waals surface area (Å²) < 4.78 is 22.7. The molecular formula is C22H24FN5O2. The Morgan fingerprint density at radius 3 is 2.80 bits per heavy atom. The van der Waals surface area contributed by atoms with Gasteiger partial charge in [0.05, 0.1) is 18.2 Å². The van der Waals surface area contributed by atoms with Crippen molar-refractivity contribution < 1.29 is 14.2 Å². The minimum absolute atomic E-state index is 0.0551. The van der Waals surface area contributed by atoms with Gasteiger partial charge < -0.3 is 14.4 Å². The Morgan fingerprint density at radius 2 is 2.10 bits per heavy atom. The molecule has 2 aliphatic rings. The number of halogens is 1. The van der Waals surface area contributed by atoms with E-state index in [2.05, 4.69) is 27.1 Å². The first-order chi connectivity index (χ1) is 14.4. The quantitative estimate of drug-likeness (QED) is 0.698. The standard InChI is InChI=1S/C22H24FN5O2/c1-21-5-6-22(2,12-21)19(23)18(10-21)30-20-25-11-16(26-27-20)15-4-3-14(9-17(15)29)28-8-7-24-13-28/h3-4,7-9,11,13,18-19,29H,5-6,10,12H2,1-2H3/t18-,19-,21-,22-/m0/s1. The molecule has 1 aromatic carbocycles. The minimum atomic E-state index is -1.05. The third-order valence-corrected chi connectivity index (χ3v) is 6.67. The zero-order chi connectivity index (χ0) is 20.9. The molecule has 2 aromatic heterocycles. The van der Waals surface area contributed by atoms with E-state index in [1.807, 2.05) is 13.0 Å². The van der Waals surface area contributed by atoms with Crippen molar-refractivity contribution in [3.63, 3.8) is 0 Å². The number of aromatic nitrogens is 5. The highest BCUT2D eigenvalue weighted by atomic mass is 19.1. The first-order valence-corrected chi connectivity index (χ1v) is 10.2. The van der Waals surface area contributed by atoms with E-state index in [1.165, 1.54) is 6.20 Å². The number of alkyl halides is 1. The summed E-state index contributed by atoms with van der Waals surface area (Å²) in [7, 11) is 0. The van der Waals surface area contributed by atoms with E-state index in [0.717, 1.165) is 24.9 Å². The van der Waals surface area contributed by atoms with Gasteiger partial charge in [-0.2, -0.15) is 0 Å². The summed E-state index contributed by atoms with van der Waals surface area (Å²) in [5, 5.41) is 18.6. The summed E-state index contributed by atoms with van der Waals surface area (Å²) in [5.41, 5.74) is 1.46. The molecule has 1 N–H and O–H groups in total. The molecule has 7 nitrogen and oxygen atoms in total. The van der Waals surface area contributed by atoms with Gasteiger partial charge in [-0.05, 0) is 43.2 Å². The van der Waals surface area contributed by atoms with E-state index in [0.29, 0.717) is 17.7 Å². The van der Waals surface area contributed by atoms with Crippen molar-refractivity contribution in [3.8, 4) is 28.7 Å². The Bertz CT molecular complexity index is 1060. The number of benzene rings is 1. The van der Waals surface area contributed by atoms with Gasteiger partial charge >= 0.3 is 6.01 Å². The zero-order valence-electron chi connectivity index (χ0n) is 17.0. The number of phenolic OH excluding ortho intramolecular Hbond substituents is 1. The molecule has 156 valence electrons. The summed E-state index contributed by atoms with van der Waals surface area (Å²) >= 11 is 0. The highest BCUT2D eigenvalue weighted by Gasteiger charge is 2.56. The second-order valence-electron chi connectivity index (χ2n) is 9.20. The summed E-state index contributed by atoms with van der Waals surface area (Å²) in [6.07, 6.45) is 8.45. The van der Waals surface area contributed by atoms with E-state index >= 15 is 4.39 Å². The molecule has 0 unspecified atom stereocenters. The van der Waals surface area contributed by atoms with Crippen molar-refractivity contribution in [1.82, 2.24) is 24.7 Å². The zero-order valence-corrected chi connectivity index (χ0v) is 17.0. The fourth-order valence-corrected chi connectivity index (χ4v) is 5.17. The van der Waals surface area contributed by atoms with Crippen LogP contribution in [0.25, 0.3) is 16.9 Å². The van der Waals surface area contributed by atoms with Crippen molar-refractivity contribution in [2.75, 3.05) is 0 Å². The molecule has 0 radical (unpaired) electrons. The van der Waals surface area contributed by atoms with Crippen molar-refractivity contribution in [3.05, 3.63) is 43.1 Å². The molecule has 0 saturated heterocycles. The fourth-order valence-electron chi connectivity index (χ4n) is 5.17. The third kappa shape index (κ3) is 3.20. The molecule has 0 aliphatic heterocycles. The molecule has 0 amide bonds. The largest absolute Gasteiger partial charge is 0.507 e. The highest BCUT2D eigenvalue weighted by Crippen LogP contribution is 2.59. The predicted octanol–water partition coefficient (Wildman–Crippen LogP) is 4.12. The van der Waals surface area contributed by atoms with Crippen LogP contribution in [0.3, 0.4) is 0 Å². The topological polar surface area (TPSA) is 86.0 Å². The Morgan fingerprint density at radius 1 is 1.23 bits per heavy atom. The molecular weight excluding hydrogens is 385 g/mol. The van der Waals surface area contributed by atoms with Crippen molar-refractivity contribution in [2.45, 2.75) is 51.8 Å². The smallest absolute Gasteiger partial charge is 0.336 e. The van der Waals surface area contributed by atoms with Crippen molar-refractivity contribution in [2.24, 2.45) is 10.8 Å². The Labute approximate surface area is 174 Å². The number of nitrogens with zero attached hydrogens (tertiary/aromatic N) is 5. The highest BCUT2D eigenvalue weighted by molar-refractivity contribution is 5.67. The van der Waals surface area contributed by atoms with Crippen LogP contribution in [0.1, 0.15) is 39.5 Å². The Balaban J connectivity index is 1.34. The van der Waals surface area contributed by atoms with Crippen LogP contribution in [0.2, 0.25) is 0 Å². The van der Waals surface area contributed by atoms with Crippen molar-refractivity contribution in [1.29, 1.82) is 0 Å². The maximum atomic E-state index is 15.1. The number of fused-ring (bicyclic) bond motifs is 2. The van der Waals surface area contributed by atoms with Gasteiger partial charge in [-0.25, -0.2) is 14.4 Å². The summed E-state index contributed by atoms with van der Waals surface area (Å²) in [6.45, 7) is 4.22. The molecule has 0 spiro atoms. The van der Waals surface area contributed by atoms with Gasteiger partial charge in [0.15, 0.2) is 0 Å². The molecule has 3 aromatic rings. The molecule has 8 heteroatoms. The Kier molecular flexibility index (Phi) is 4.27. The van der Waals surface area contributed by atoms with Crippen LogP contribution in [-0.4, -0.2) is 42.1 Å². The molecule has 2 aliphatic carbocycles. The lowest BCUT2D eigenvalue weighted by Gasteiger charge is -2.42. The normalized spacial score (nSPS) is 30.4. The van der Waals surface area contributed by atoms with Gasteiger partial charge in [0.2, 0.25) is 0 Å². The van der Waals surface area contributed by atoms with E-state index < -0.39 is 12.3 Å². The molecule has 2 heterocycles. The van der Waals surface area contributed by atoms with Crippen LogP contribution in [0.15, 0.2) is 43.1 Å². The maximum absolute atomic E-state index is 15.1. The predicted molar refractivity (Wildman–Crippen MR) is 108 cm³/mol. The molecule has 2 bridgehead atoms.